The summed E-state index contributed by atoms with van der Waals surface area (Å²) in [4.78, 5) is 4.48. The quantitative estimate of drug-likeness (QED) is 0.887. The van der Waals surface area contributed by atoms with E-state index in [0.29, 0.717) is 19.0 Å². The number of nitrogens with one attached hydrogen (secondary N) is 1. The summed E-state index contributed by atoms with van der Waals surface area (Å²) in [6.45, 7) is 1.18. The Bertz CT molecular complexity index is 748. The van der Waals surface area contributed by atoms with E-state index in [2.05, 4.69) is 21.2 Å². The van der Waals surface area contributed by atoms with Crippen LogP contribution in [0.4, 0.5) is 0 Å². The molecule has 1 aliphatic rings. The van der Waals surface area contributed by atoms with E-state index in [1.54, 1.807) is 24.6 Å². The van der Waals surface area contributed by atoms with Crippen LogP contribution in [-0.4, -0.2) is 59.4 Å². The zero-order valence-corrected chi connectivity index (χ0v) is 14.8. The molecule has 130 valence electrons. The number of H-pyrrole nitrogens is 1. The second-order valence-corrected chi connectivity index (χ2v) is 8.50. The summed E-state index contributed by atoms with van der Waals surface area (Å²) in [6, 6.07) is 5.98. The van der Waals surface area contributed by atoms with Gasteiger partial charge in [0.1, 0.15) is 0 Å². The maximum Gasteiger partial charge on any atom is 0.281 e. The van der Waals surface area contributed by atoms with Gasteiger partial charge in [-0.3, -0.25) is 10.1 Å². The molecule has 0 amide bonds. The second kappa shape index (κ2) is 7.00. The molecule has 2 aromatic rings. The lowest BCUT2D eigenvalue weighted by Crippen LogP contribution is -2.44. The van der Waals surface area contributed by atoms with Crippen LogP contribution in [0.3, 0.4) is 0 Å². The molecule has 0 aliphatic carbocycles. The van der Waals surface area contributed by atoms with E-state index in [1.807, 2.05) is 18.3 Å². The van der Waals surface area contributed by atoms with Gasteiger partial charge in [-0.25, -0.2) is 0 Å². The summed E-state index contributed by atoms with van der Waals surface area (Å²) >= 11 is 0. The van der Waals surface area contributed by atoms with Crippen LogP contribution in [0.1, 0.15) is 18.4 Å². The summed E-state index contributed by atoms with van der Waals surface area (Å²) in [7, 11) is -0.127. The zero-order chi connectivity index (χ0) is 17.2. The first-order valence-electron chi connectivity index (χ1n) is 8.09. The average Bonchev–Trinajstić information content (AvgIpc) is 3.10. The molecular formula is C16H23N5O2S. The first kappa shape index (κ1) is 17.1. The first-order valence-corrected chi connectivity index (χ1v) is 9.49. The van der Waals surface area contributed by atoms with Crippen molar-refractivity contribution in [3.05, 3.63) is 36.2 Å². The smallest absolute Gasteiger partial charge is 0.276 e. The van der Waals surface area contributed by atoms with Crippen molar-refractivity contribution in [3.63, 3.8) is 0 Å². The molecule has 1 N–H and O–H groups in total. The molecule has 3 rings (SSSR count). The van der Waals surface area contributed by atoms with E-state index in [1.165, 1.54) is 9.87 Å². The van der Waals surface area contributed by atoms with Gasteiger partial charge in [0.25, 0.3) is 10.2 Å². The van der Waals surface area contributed by atoms with Crippen molar-refractivity contribution in [1.29, 1.82) is 0 Å². The molecule has 0 radical (unpaired) electrons. The van der Waals surface area contributed by atoms with E-state index in [0.717, 1.165) is 30.7 Å². The number of rotatable bonds is 5. The predicted octanol–water partition coefficient (Wildman–Crippen LogP) is 1.53. The van der Waals surface area contributed by atoms with Gasteiger partial charge in [-0.2, -0.15) is 22.1 Å². The van der Waals surface area contributed by atoms with Gasteiger partial charge in [0, 0.05) is 39.6 Å². The fourth-order valence-corrected chi connectivity index (χ4v) is 4.15. The minimum absolute atomic E-state index is 0.499. The molecule has 3 heterocycles. The van der Waals surface area contributed by atoms with Crippen molar-refractivity contribution in [2.75, 3.05) is 27.2 Å². The van der Waals surface area contributed by atoms with Crippen LogP contribution in [0, 0.1) is 5.92 Å². The summed E-state index contributed by atoms with van der Waals surface area (Å²) in [5.41, 5.74) is 2.97. The van der Waals surface area contributed by atoms with E-state index in [-0.39, 0.29) is 0 Å². The number of hydrogen-bond acceptors (Lipinski definition) is 4. The molecule has 1 saturated heterocycles. The van der Waals surface area contributed by atoms with Gasteiger partial charge < -0.3 is 0 Å². The van der Waals surface area contributed by atoms with Crippen LogP contribution in [0.25, 0.3) is 11.4 Å². The van der Waals surface area contributed by atoms with Gasteiger partial charge >= 0.3 is 0 Å². The van der Waals surface area contributed by atoms with Crippen LogP contribution in [0.5, 0.6) is 0 Å². The Hall–Kier alpha value is -1.77. The van der Waals surface area contributed by atoms with Crippen molar-refractivity contribution in [3.8, 4) is 11.4 Å². The predicted molar refractivity (Wildman–Crippen MR) is 92.4 cm³/mol. The van der Waals surface area contributed by atoms with Gasteiger partial charge in [-0.1, -0.05) is 6.07 Å². The number of nitrogens with zero attached hydrogens (tertiary/aromatic N) is 4. The highest BCUT2D eigenvalue weighted by Gasteiger charge is 2.29. The maximum absolute atomic E-state index is 12.1. The minimum Gasteiger partial charge on any atom is -0.276 e. The molecule has 24 heavy (non-hydrogen) atoms. The lowest BCUT2D eigenvalue weighted by Gasteiger charge is -2.32. The monoisotopic (exact) mass is 349 g/mol. The molecule has 0 bridgehead atoms. The Kier molecular flexibility index (Phi) is 4.98. The molecule has 2 aromatic heterocycles. The first-order chi connectivity index (χ1) is 11.5. The van der Waals surface area contributed by atoms with Gasteiger partial charge in [-0.15, -0.1) is 0 Å². The van der Waals surface area contributed by atoms with Crippen molar-refractivity contribution in [2.45, 2.75) is 19.3 Å². The highest BCUT2D eigenvalue weighted by Crippen LogP contribution is 2.24. The van der Waals surface area contributed by atoms with Crippen LogP contribution >= 0.6 is 0 Å². The largest absolute Gasteiger partial charge is 0.281 e. The third kappa shape index (κ3) is 3.66. The lowest BCUT2D eigenvalue weighted by molar-refractivity contribution is 0.262. The standard InChI is InChI=1S/C16H23N5O2S/c1-20(2)24(22,23)21-9-6-13(7-10-21)11-14-3-4-15(17-12-14)16-5-8-18-19-16/h3-5,8,12-13H,6-7,9-11H2,1-2H3,(H,18,19). The van der Waals surface area contributed by atoms with Crippen LogP contribution in [0.2, 0.25) is 0 Å². The lowest BCUT2D eigenvalue weighted by atomic mass is 9.91. The third-order valence-corrected chi connectivity index (χ3v) is 6.43. The number of piperidine rings is 1. The molecule has 7 nitrogen and oxygen atoms in total. The maximum atomic E-state index is 12.1. The molecule has 1 aliphatic heterocycles. The van der Waals surface area contributed by atoms with Crippen molar-refractivity contribution < 1.29 is 8.42 Å². The van der Waals surface area contributed by atoms with E-state index in [9.17, 15) is 8.42 Å². The highest BCUT2D eigenvalue weighted by atomic mass is 32.2. The molecule has 0 aromatic carbocycles. The average molecular weight is 349 g/mol. The fraction of sp³-hybridized carbons (Fsp3) is 0.500. The summed E-state index contributed by atoms with van der Waals surface area (Å²) < 4.78 is 27.1. The Morgan fingerprint density at radius 3 is 2.54 bits per heavy atom. The van der Waals surface area contributed by atoms with Gasteiger partial charge in [0.15, 0.2) is 0 Å². The molecule has 0 saturated carbocycles. The highest BCUT2D eigenvalue weighted by molar-refractivity contribution is 7.86. The SMILES string of the molecule is CN(C)S(=O)(=O)N1CCC(Cc2ccc(-c3ccn[nH]3)nc2)CC1. The number of hydrogen-bond donors (Lipinski definition) is 1. The summed E-state index contributed by atoms with van der Waals surface area (Å²) in [6.07, 6.45) is 6.32. The van der Waals surface area contributed by atoms with Crippen molar-refractivity contribution in [1.82, 2.24) is 23.8 Å². The summed E-state index contributed by atoms with van der Waals surface area (Å²) in [5.74, 6) is 0.499. The number of pyridine rings is 1. The van der Waals surface area contributed by atoms with Gasteiger partial charge in [0.05, 0.1) is 11.4 Å². The second-order valence-electron chi connectivity index (χ2n) is 6.36. The Morgan fingerprint density at radius 2 is 2.00 bits per heavy atom. The van der Waals surface area contributed by atoms with E-state index in [4.69, 9.17) is 0 Å². The number of aromatic nitrogens is 3. The van der Waals surface area contributed by atoms with Crippen molar-refractivity contribution >= 4 is 10.2 Å². The van der Waals surface area contributed by atoms with E-state index >= 15 is 0 Å². The Balaban J connectivity index is 1.57. The van der Waals surface area contributed by atoms with Crippen LogP contribution in [-0.2, 0) is 16.6 Å². The molecule has 8 heteroatoms. The zero-order valence-electron chi connectivity index (χ0n) is 14.0. The minimum atomic E-state index is -3.28. The van der Waals surface area contributed by atoms with Crippen molar-refractivity contribution in [2.24, 2.45) is 5.92 Å². The molecule has 0 spiro atoms. The topological polar surface area (TPSA) is 82.2 Å². The summed E-state index contributed by atoms with van der Waals surface area (Å²) in [5, 5.41) is 6.84. The van der Waals surface area contributed by atoms with Gasteiger partial charge in [-0.05, 0) is 42.9 Å². The normalized spacial score (nSPS) is 17.5. The molecule has 0 unspecified atom stereocenters. The molecular weight excluding hydrogens is 326 g/mol. The third-order valence-electron chi connectivity index (χ3n) is 4.49. The molecule has 0 atom stereocenters. The van der Waals surface area contributed by atoms with E-state index < -0.39 is 10.2 Å². The Morgan fingerprint density at radius 1 is 1.25 bits per heavy atom. The fourth-order valence-electron chi connectivity index (χ4n) is 3.01. The van der Waals surface area contributed by atoms with Gasteiger partial charge in [0.2, 0.25) is 0 Å². The molecule has 1 fully saturated rings. The van der Waals surface area contributed by atoms with Crippen LogP contribution in [0.15, 0.2) is 30.6 Å². The van der Waals surface area contributed by atoms with Crippen LogP contribution < -0.4 is 0 Å². The number of aromatic amines is 1. The Labute approximate surface area is 142 Å².